The van der Waals surface area contributed by atoms with E-state index in [2.05, 4.69) is 51.9 Å². The molecule has 0 aliphatic carbocycles. The van der Waals surface area contributed by atoms with Crippen LogP contribution in [-0.2, 0) is 69.0 Å². The Hall–Kier alpha value is -5.60. The van der Waals surface area contributed by atoms with Crippen LogP contribution in [0.4, 0.5) is 17.5 Å². The molecule has 12 rings (SSSR count). The standard InChI is InChI=1S/C53H65N10O13PS2/c54-50-43-51(58-30-57-50)63(52-46(65)49-39(74-52)29-73-77(66,67)76-49)53(60-43)56-20-6-2-1-5-19-55-41(64)16-4-3-7-21-59-78(68,69)40-28-33(79(70,71)72)17-18-34(40)42-37-26-31-12-8-22-61-24-10-14-35(44(31)61)47(37)75-48-36-15-11-25-62-23-9-13-32(45(36)62)27-38(42)48/h17-18,26-28,30,39,46,49,52,59,65H,1-16,19-25,29H2,(H5-,54,55,56,57,58,60,64,66,67,70,71,72)/p+1/t39-,46-,49-,52-/m1/s1. The van der Waals surface area contributed by atoms with Gasteiger partial charge < -0.3 is 40.7 Å². The molecule has 8 N–H and O–H groups in total. The van der Waals surface area contributed by atoms with Gasteiger partial charge in [0, 0.05) is 90.7 Å². The predicted octanol–water partition coefficient (Wildman–Crippen LogP) is 3.49. The Bertz CT molecular complexity index is 3690. The first-order chi connectivity index (χ1) is 38.0. The molecule has 2 saturated heterocycles. The number of sulfonamides is 1. The molecule has 7 aliphatic heterocycles. The minimum absolute atomic E-state index is 0.0395. The van der Waals surface area contributed by atoms with Crippen LogP contribution in [0.1, 0.15) is 117 Å². The molecular formula is C53H66N10O13PS2+. The number of phosphoric ester groups is 1. The summed E-state index contributed by atoms with van der Waals surface area (Å²) >= 11 is 0. The highest BCUT2D eigenvalue weighted by molar-refractivity contribution is 7.89. The lowest BCUT2D eigenvalue weighted by molar-refractivity contribution is -0.121. The number of rotatable bonds is 19. The largest absolute Gasteiger partial charge is 0.472 e. The van der Waals surface area contributed by atoms with E-state index < -0.39 is 57.4 Å². The van der Waals surface area contributed by atoms with Gasteiger partial charge in [-0.2, -0.15) is 8.42 Å². The summed E-state index contributed by atoms with van der Waals surface area (Å²) in [5, 5.41) is 19.4. The number of nitrogen functional groups attached to an aromatic ring is 1. The van der Waals surface area contributed by atoms with Gasteiger partial charge in [-0.1, -0.05) is 25.3 Å². The number of carbonyl (C=O) groups excluding carboxylic acids is 1. The van der Waals surface area contributed by atoms with Gasteiger partial charge in [-0.15, -0.1) is 0 Å². The van der Waals surface area contributed by atoms with Crippen molar-refractivity contribution in [2.24, 2.45) is 0 Å². The molecule has 0 bridgehead atoms. The van der Waals surface area contributed by atoms with E-state index in [-0.39, 0.29) is 41.7 Å². The molecule has 422 valence electrons. The van der Waals surface area contributed by atoms with Gasteiger partial charge >= 0.3 is 7.82 Å². The van der Waals surface area contributed by atoms with Gasteiger partial charge in [0.1, 0.15) is 49.2 Å². The summed E-state index contributed by atoms with van der Waals surface area (Å²) in [6.07, 6.45) is 9.11. The third-order valence-corrected chi connectivity index (χ3v) is 19.6. The molecule has 5 atom stereocenters. The zero-order chi connectivity index (χ0) is 54.8. The number of imidazole rings is 1. The number of aliphatic hydroxyl groups excluding tert-OH is 1. The fourth-order valence-corrected chi connectivity index (χ4v) is 15.6. The lowest BCUT2D eigenvalue weighted by Crippen LogP contribution is -2.45. The Labute approximate surface area is 457 Å². The summed E-state index contributed by atoms with van der Waals surface area (Å²) < 4.78 is 107. The second-order valence-electron chi connectivity index (χ2n) is 21.5. The SMILES string of the molecule is Nc1ncnc2c1nc(NCCCCCCNC(=O)CCCCCNS(=O)(=O)c1cc(S(=O)(=O)O)ccc1C1=c3cc4c5c(c3Oc3c1cc1c6c3CCCN6CCC1)CCC[N+]=5CCC4)n2[C@@H]1O[C@@H]2COP(=O)(O)O[C@H]2[C@H]1O. The molecule has 7 aliphatic rings. The van der Waals surface area contributed by atoms with Crippen LogP contribution in [0.2, 0.25) is 0 Å². The fraction of sp³-hybridized carbons (Fsp3) is 0.528. The van der Waals surface area contributed by atoms with Gasteiger partial charge in [0.15, 0.2) is 23.2 Å². The normalized spacial score (nSPS) is 23.1. The van der Waals surface area contributed by atoms with Crippen molar-refractivity contribution in [1.82, 2.24) is 34.1 Å². The van der Waals surface area contributed by atoms with Crippen LogP contribution in [0.25, 0.3) is 16.7 Å². The maximum atomic E-state index is 14.7. The fourth-order valence-electron chi connectivity index (χ4n) is 12.7. The number of aliphatic hydroxyl groups is 1. The van der Waals surface area contributed by atoms with Gasteiger partial charge in [-0.05, 0) is 94.0 Å². The Morgan fingerprint density at radius 2 is 1.61 bits per heavy atom. The van der Waals surface area contributed by atoms with E-state index in [9.17, 15) is 40.7 Å². The number of ether oxygens (including phenoxy) is 2. The van der Waals surface area contributed by atoms with Gasteiger partial charge in [0.25, 0.3) is 10.1 Å². The monoisotopic (exact) mass is 1150 g/mol. The number of nitrogens with zero attached hydrogens (tertiary/aromatic N) is 6. The molecule has 23 nitrogen and oxygen atoms in total. The molecular weight excluding hydrogens is 1080 g/mol. The number of amides is 1. The maximum absolute atomic E-state index is 14.7. The van der Waals surface area contributed by atoms with E-state index in [1.807, 2.05) is 0 Å². The Morgan fingerprint density at radius 1 is 0.861 bits per heavy atom. The topological polar surface area (TPSA) is 312 Å². The van der Waals surface area contributed by atoms with Crippen LogP contribution in [0.5, 0.6) is 11.5 Å². The zero-order valence-electron chi connectivity index (χ0n) is 43.7. The number of hydrogen-bond donors (Lipinski definition) is 7. The lowest BCUT2D eigenvalue weighted by Gasteiger charge is -2.39. The first-order valence-corrected chi connectivity index (χ1v) is 32.0. The van der Waals surface area contributed by atoms with Crippen LogP contribution in [0, 0.1) is 0 Å². The minimum Gasteiger partial charge on any atom is -0.455 e. The summed E-state index contributed by atoms with van der Waals surface area (Å²) in [5.41, 5.74) is 14.3. The zero-order valence-corrected chi connectivity index (χ0v) is 46.2. The quantitative estimate of drug-likeness (QED) is 0.0264. The summed E-state index contributed by atoms with van der Waals surface area (Å²) in [7, 11) is -13.5. The van der Waals surface area contributed by atoms with Crippen molar-refractivity contribution >= 4 is 68.1 Å². The molecule has 1 amide bonds. The molecule has 79 heavy (non-hydrogen) atoms. The number of nitrogens with one attached hydrogen (secondary N) is 3. The number of anilines is 3. The van der Waals surface area contributed by atoms with Crippen molar-refractivity contribution in [2.45, 2.75) is 137 Å². The van der Waals surface area contributed by atoms with Crippen molar-refractivity contribution in [3.63, 3.8) is 0 Å². The van der Waals surface area contributed by atoms with E-state index >= 15 is 0 Å². The molecule has 0 radical (unpaired) electrons. The number of hydrogen-bond acceptors (Lipinski definition) is 17. The molecule has 3 aromatic carbocycles. The first kappa shape index (κ1) is 54.0. The smallest absolute Gasteiger partial charge is 0.455 e. The van der Waals surface area contributed by atoms with Crippen LogP contribution in [-0.4, -0.2) is 128 Å². The number of phosphoric acid groups is 1. The highest BCUT2D eigenvalue weighted by Gasteiger charge is 2.53. The average Bonchev–Trinajstić information content (AvgIpc) is 3.90. The first-order valence-electron chi connectivity index (χ1n) is 27.6. The second-order valence-corrected chi connectivity index (χ2v) is 26.1. The number of benzene rings is 3. The van der Waals surface area contributed by atoms with Crippen LogP contribution < -0.4 is 45.9 Å². The molecule has 9 heterocycles. The molecule has 5 aromatic rings. The third kappa shape index (κ3) is 10.4. The Balaban J connectivity index is 0.667. The van der Waals surface area contributed by atoms with Gasteiger partial charge in [-0.3, -0.25) is 23.0 Å². The highest BCUT2D eigenvalue weighted by Crippen LogP contribution is 2.53. The summed E-state index contributed by atoms with van der Waals surface area (Å²) in [6.45, 7) is 4.63. The van der Waals surface area contributed by atoms with E-state index in [0.29, 0.717) is 55.1 Å². The molecule has 26 heteroatoms. The van der Waals surface area contributed by atoms with Crippen LogP contribution in [0.15, 0.2) is 46.5 Å². The highest BCUT2D eigenvalue weighted by atomic mass is 32.2. The van der Waals surface area contributed by atoms with Gasteiger partial charge in [-0.25, -0.2) is 37.2 Å². The van der Waals surface area contributed by atoms with Crippen molar-refractivity contribution in [3.8, 4) is 11.5 Å². The van der Waals surface area contributed by atoms with Crippen molar-refractivity contribution in [2.75, 3.05) is 68.4 Å². The third-order valence-electron chi connectivity index (χ3n) is 16.3. The number of fused-ring (bicyclic) bond motifs is 6. The average molecular weight is 1150 g/mol. The molecule has 1 unspecified atom stereocenters. The number of aromatic nitrogens is 4. The van der Waals surface area contributed by atoms with Crippen LogP contribution in [0.3, 0.4) is 0 Å². The maximum Gasteiger partial charge on any atom is 0.472 e. The van der Waals surface area contributed by atoms with E-state index in [4.69, 9.17) is 24.3 Å². The second kappa shape index (κ2) is 21.7. The number of aryl methyl sites for hydroxylation is 2. The Morgan fingerprint density at radius 3 is 2.43 bits per heavy atom. The van der Waals surface area contributed by atoms with Crippen molar-refractivity contribution < 1.29 is 59.3 Å². The van der Waals surface area contributed by atoms with Gasteiger partial charge in [0.2, 0.25) is 27.2 Å². The lowest BCUT2D eigenvalue weighted by atomic mass is 9.82. The Kier molecular flexibility index (Phi) is 14.8. The number of carbonyl (C=O) groups is 1. The van der Waals surface area contributed by atoms with E-state index in [1.165, 1.54) is 45.2 Å². The summed E-state index contributed by atoms with van der Waals surface area (Å²) in [6, 6.07) is 8.18. The number of unbranched alkanes of at least 4 members (excludes halogenated alkanes) is 5. The van der Waals surface area contributed by atoms with Crippen LogP contribution >= 0.6 is 7.82 Å². The van der Waals surface area contributed by atoms with Crippen molar-refractivity contribution in [1.29, 1.82) is 0 Å². The van der Waals surface area contributed by atoms with Crippen molar-refractivity contribution in [3.05, 3.63) is 80.6 Å². The molecule has 0 saturated carbocycles. The van der Waals surface area contributed by atoms with E-state index in [0.717, 1.165) is 143 Å². The molecule has 0 spiro atoms. The van der Waals surface area contributed by atoms with Gasteiger partial charge in [0.05, 0.1) is 22.0 Å². The predicted molar refractivity (Wildman–Crippen MR) is 290 cm³/mol. The summed E-state index contributed by atoms with van der Waals surface area (Å²) in [4.78, 5) is 37.3. The summed E-state index contributed by atoms with van der Waals surface area (Å²) in [5.74, 6) is 1.79. The minimum atomic E-state index is -4.79. The molecule has 2 aromatic heterocycles. The number of nitrogens with two attached hydrogens (primary N) is 1. The molecule has 2 fully saturated rings. The van der Waals surface area contributed by atoms with E-state index in [1.54, 1.807) is 0 Å².